The van der Waals surface area contributed by atoms with E-state index < -0.39 is 14.6 Å². The summed E-state index contributed by atoms with van der Waals surface area (Å²) < 4.78 is 24.5. The summed E-state index contributed by atoms with van der Waals surface area (Å²) in [5.74, 6) is 0. The van der Waals surface area contributed by atoms with Crippen molar-refractivity contribution in [2.45, 2.75) is 29.4 Å². The Labute approximate surface area is 116 Å². The minimum atomic E-state index is -3.43. The van der Waals surface area contributed by atoms with E-state index in [9.17, 15) is 8.42 Å². The van der Waals surface area contributed by atoms with Crippen LogP contribution in [0.15, 0.2) is 61.0 Å². The molecule has 0 bridgehead atoms. The van der Waals surface area contributed by atoms with Crippen LogP contribution in [-0.4, -0.2) is 13.2 Å². The van der Waals surface area contributed by atoms with E-state index in [0.29, 0.717) is 17.7 Å². The fraction of sp³-hybridized carbons (Fsp3) is 0.250. The van der Waals surface area contributed by atoms with Crippen molar-refractivity contribution < 1.29 is 8.42 Å². The van der Waals surface area contributed by atoms with E-state index in [0.717, 1.165) is 5.56 Å². The molecule has 1 aromatic carbocycles. The zero-order chi connectivity index (χ0) is 14.5. The highest BCUT2D eigenvalue weighted by Crippen LogP contribution is 2.32. The van der Waals surface area contributed by atoms with E-state index in [4.69, 9.17) is 0 Å². The van der Waals surface area contributed by atoms with E-state index in [1.165, 1.54) is 0 Å². The van der Waals surface area contributed by atoms with E-state index in [1.54, 1.807) is 49.4 Å². The minimum absolute atomic E-state index is 0.323. The summed E-state index contributed by atoms with van der Waals surface area (Å²) in [6.45, 7) is 12.7. The molecule has 2 nitrogen and oxygen atoms in total. The molecule has 0 unspecified atom stereocenters. The van der Waals surface area contributed by atoms with Crippen LogP contribution in [0.2, 0.25) is 0 Å². The Balaban J connectivity index is 3.29. The largest absolute Gasteiger partial charge is 0.223 e. The topological polar surface area (TPSA) is 34.1 Å². The second-order valence-electron chi connectivity index (χ2n) is 4.71. The zero-order valence-corrected chi connectivity index (χ0v) is 12.1. The summed E-state index contributed by atoms with van der Waals surface area (Å²) in [6.07, 6.45) is 5.75. The van der Waals surface area contributed by atoms with E-state index >= 15 is 0 Å². The molecular formula is C16H20O2S. The van der Waals surface area contributed by atoms with Gasteiger partial charge in [0.15, 0.2) is 9.84 Å². The van der Waals surface area contributed by atoms with Crippen molar-refractivity contribution in [3.8, 4) is 0 Å². The molecule has 3 heteroatoms. The maximum absolute atomic E-state index is 12.7. The number of allylic oxidation sites excluding steroid dienone is 2. The third-order valence-corrected chi connectivity index (χ3v) is 5.75. The SMILES string of the molecule is C=CCC(C)(CC=C)S(=O)(=O)c1ccc(C=C)cc1. The van der Waals surface area contributed by atoms with Crippen molar-refractivity contribution in [1.82, 2.24) is 0 Å². The number of hydrogen-bond acceptors (Lipinski definition) is 2. The first-order valence-electron chi connectivity index (χ1n) is 6.10. The van der Waals surface area contributed by atoms with Gasteiger partial charge in [0, 0.05) is 0 Å². The Morgan fingerprint density at radius 3 is 1.89 bits per heavy atom. The molecule has 102 valence electrons. The Morgan fingerprint density at radius 2 is 1.53 bits per heavy atom. The van der Waals surface area contributed by atoms with E-state index in [2.05, 4.69) is 19.7 Å². The molecule has 0 fully saturated rings. The Kier molecular flexibility index (Phi) is 4.90. The van der Waals surface area contributed by atoms with Gasteiger partial charge in [-0.1, -0.05) is 36.9 Å². The summed E-state index contributed by atoms with van der Waals surface area (Å²) in [5, 5.41) is 0. The van der Waals surface area contributed by atoms with Crippen LogP contribution in [0.3, 0.4) is 0 Å². The van der Waals surface area contributed by atoms with Crippen molar-refractivity contribution in [1.29, 1.82) is 0 Å². The molecule has 0 N–H and O–H groups in total. The third-order valence-electron chi connectivity index (χ3n) is 3.23. The minimum Gasteiger partial charge on any atom is -0.223 e. The van der Waals surface area contributed by atoms with Gasteiger partial charge in [0.2, 0.25) is 0 Å². The fourth-order valence-corrected chi connectivity index (χ4v) is 3.72. The van der Waals surface area contributed by atoms with Gasteiger partial charge in [-0.25, -0.2) is 8.42 Å². The lowest BCUT2D eigenvalue weighted by Crippen LogP contribution is -2.34. The Hall–Kier alpha value is -1.61. The van der Waals surface area contributed by atoms with Crippen molar-refractivity contribution in [3.63, 3.8) is 0 Å². The quantitative estimate of drug-likeness (QED) is 0.705. The van der Waals surface area contributed by atoms with Gasteiger partial charge in [0.25, 0.3) is 0 Å². The van der Waals surface area contributed by atoms with Gasteiger partial charge in [0.05, 0.1) is 9.64 Å². The van der Waals surface area contributed by atoms with Crippen LogP contribution >= 0.6 is 0 Å². The molecule has 0 aromatic heterocycles. The van der Waals surface area contributed by atoms with Gasteiger partial charge in [-0.2, -0.15) is 0 Å². The normalized spacial score (nSPS) is 11.8. The van der Waals surface area contributed by atoms with E-state index in [-0.39, 0.29) is 0 Å². The summed E-state index contributed by atoms with van der Waals surface area (Å²) in [5.41, 5.74) is 0.896. The number of hydrogen-bond donors (Lipinski definition) is 0. The van der Waals surface area contributed by atoms with Gasteiger partial charge in [-0.3, -0.25) is 0 Å². The Morgan fingerprint density at radius 1 is 1.05 bits per heavy atom. The van der Waals surface area contributed by atoms with E-state index in [1.807, 2.05) is 0 Å². The molecule has 0 atom stereocenters. The molecule has 0 spiro atoms. The highest BCUT2D eigenvalue weighted by Gasteiger charge is 2.37. The van der Waals surface area contributed by atoms with Crippen molar-refractivity contribution in [2.75, 3.05) is 0 Å². The maximum atomic E-state index is 12.7. The lowest BCUT2D eigenvalue weighted by atomic mass is 10.0. The average molecular weight is 276 g/mol. The van der Waals surface area contributed by atoms with Crippen LogP contribution in [0.1, 0.15) is 25.3 Å². The smallest absolute Gasteiger partial charge is 0.184 e. The lowest BCUT2D eigenvalue weighted by molar-refractivity contribution is 0.531. The summed E-state index contributed by atoms with van der Waals surface area (Å²) in [6, 6.07) is 6.75. The average Bonchev–Trinajstić information content (AvgIpc) is 2.39. The van der Waals surface area contributed by atoms with Crippen LogP contribution in [0.4, 0.5) is 0 Å². The molecule has 1 aromatic rings. The summed E-state index contributed by atoms with van der Waals surface area (Å²) in [4.78, 5) is 0.323. The van der Waals surface area contributed by atoms with Gasteiger partial charge < -0.3 is 0 Å². The molecule has 0 amide bonds. The molecule has 0 aliphatic rings. The zero-order valence-electron chi connectivity index (χ0n) is 11.3. The van der Waals surface area contributed by atoms with Gasteiger partial charge in [0.1, 0.15) is 0 Å². The predicted molar refractivity (Wildman–Crippen MR) is 81.8 cm³/mol. The first-order chi connectivity index (χ1) is 8.91. The second-order valence-corrected chi connectivity index (χ2v) is 7.18. The first-order valence-corrected chi connectivity index (χ1v) is 7.58. The predicted octanol–water partition coefficient (Wildman–Crippen LogP) is 4.01. The first kappa shape index (κ1) is 15.4. The molecule has 0 heterocycles. The van der Waals surface area contributed by atoms with Crippen LogP contribution in [0.25, 0.3) is 6.08 Å². The van der Waals surface area contributed by atoms with Crippen LogP contribution in [0.5, 0.6) is 0 Å². The molecule has 19 heavy (non-hydrogen) atoms. The highest BCUT2D eigenvalue weighted by molar-refractivity contribution is 7.92. The summed E-state index contributed by atoms with van der Waals surface area (Å²) in [7, 11) is -3.43. The molecule has 1 rings (SSSR count). The lowest BCUT2D eigenvalue weighted by Gasteiger charge is -2.27. The van der Waals surface area contributed by atoms with Crippen LogP contribution in [0, 0.1) is 0 Å². The fourth-order valence-electron chi connectivity index (χ4n) is 1.98. The monoisotopic (exact) mass is 276 g/mol. The molecule has 0 radical (unpaired) electrons. The summed E-state index contributed by atoms with van der Waals surface area (Å²) >= 11 is 0. The standard InChI is InChI=1S/C16H20O2S/c1-5-12-16(4,13-6-2)19(17,18)15-10-8-14(7-3)9-11-15/h5-11H,1-3,12-13H2,4H3. The van der Waals surface area contributed by atoms with Crippen molar-refractivity contribution in [2.24, 2.45) is 0 Å². The number of sulfone groups is 1. The van der Waals surface area contributed by atoms with Crippen molar-refractivity contribution in [3.05, 3.63) is 61.7 Å². The molecule has 0 aliphatic carbocycles. The highest BCUT2D eigenvalue weighted by atomic mass is 32.2. The number of benzene rings is 1. The van der Waals surface area contributed by atoms with Gasteiger partial charge in [-0.15, -0.1) is 13.2 Å². The van der Waals surface area contributed by atoms with Crippen molar-refractivity contribution >= 4 is 15.9 Å². The maximum Gasteiger partial charge on any atom is 0.184 e. The number of rotatable bonds is 7. The van der Waals surface area contributed by atoms with Gasteiger partial charge >= 0.3 is 0 Å². The molecule has 0 aliphatic heterocycles. The molecule has 0 saturated heterocycles. The molecular weight excluding hydrogens is 256 g/mol. The second kappa shape index (κ2) is 6.02. The van der Waals surface area contributed by atoms with Crippen LogP contribution < -0.4 is 0 Å². The molecule has 0 saturated carbocycles. The van der Waals surface area contributed by atoms with Crippen LogP contribution in [-0.2, 0) is 9.84 Å². The Bertz CT molecular complexity index is 555. The third kappa shape index (κ3) is 3.04. The van der Waals surface area contributed by atoms with Gasteiger partial charge in [-0.05, 0) is 37.5 Å².